The van der Waals surface area contributed by atoms with Gasteiger partial charge in [-0.2, -0.15) is 0 Å². The van der Waals surface area contributed by atoms with Crippen LogP contribution in [0.15, 0.2) is 42.5 Å². The number of aliphatic hydroxyl groups is 3. The predicted octanol–water partition coefficient (Wildman–Crippen LogP) is 1.62. The lowest BCUT2D eigenvalue weighted by atomic mass is 9.85. The molecule has 2 fully saturated rings. The molecule has 210 valence electrons. The standard InChI is InChI=1S/C29H35NO9/c1-37-21-13-18-12-19(11-16-7-9-30(10-8-16)15-17-5-3-2-4-6-17)23(31)20(18)14-22(21)38-29-26(34)24(32)25(33)27(39-29)28(35)36/h2-6,13-14,16,19,24-27,29,32-34H,7-12,15H2,1H3,(H,35,36)/t19?,24?,25-,26+,27?,29+/m0/s1. The van der Waals surface area contributed by atoms with Gasteiger partial charge in [-0.1, -0.05) is 30.3 Å². The van der Waals surface area contributed by atoms with Gasteiger partial charge in [0.05, 0.1) is 7.11 Å². The molecule has 39 heavy (non-hydrogen) atoms. The molecule has 2 heterocycles. The van der Waals surface area contributed by atoms with Crippen molar-refractivity contribution in [3.63, 3.8) is 0 Å². The van der Waals surface area contributed by atoms with Gasteiger partial charge in [0, 0.05) is 18.0 Å². The molecule has 6 atom stereocenters. The first-order valence-corrected chi connectivity index (χ1v) is 13.4. The van der Waals surface area contributed by atoms with Crippen LogP contribution in [0.3, 0.4) is 0 Å². The van der Waals surface area contributed by atoms with Gasteiger partial charge in [0.2, 0.25) is 6.29 Å². The van der Waals surface area contributed by atoms with Crippen molar-refractivity contribution in [2.75, 3.05) is 20.2 Å². The molecule has 3 aliphatic rings. The number of fused-ring (bicyclic) bond motifs is 1. The zero-order valence-corrected chi connectivity index (χ0v) is 21.8. The molecule has 0 saturated carbocycles. The summed E-state index contributed by atoms with van der Waals surface area (Å²) in [6, 6.07) is 13.7. The van der Waals surface area contributed by atoms with E-state index >= 15 is 0 Å². The summed E-state index contributed by atoms with van der Waals surface area (Å²) in [4.78, 5) is 27.3. The highest BCUT2D eigenvalue weighted by Crippen LogP contribution is 2.41. The Morgan fingerprint density at radius 1 is 1.03 bits per heavy atom. The van der Waals surface area contributed by atoms with Crippen molar-refractivity contribution < 1.29 is 44.2 Å². The summed E-state index contributed by atoms with van der Waals surface area (Å²) >= 11 is 0. The van der Waals surface area contributed by atoms with Crippen LogP contribution in [0.5, 0.6) is 11.5 Å². The number of carboxylic acid groups (broad SMARTS) is 1. The second-order valence-corrected chi connectivity index (χ2v) is 10.7. The number of carboxylic acids is 1. The Kier molecular flexibility index (Phi) is 8.20. The van der Waals surface area contributed by atoms with E-state index in [1.165, 1.54) is 18.7 Å². The summed E-state index contributed by atoms with van der Waals surface area (Å²) in [7, 11) is 1.43. The van der Waals surface area contributed by atoms with Gasteiger partial charge in [-0.25, -0.2) is 4.79 Å². The molecule has 5 rings (SSSR count). The number of nitrogens with zero attached hydrogens (tertiary/aromatic N) is 1. The van der Waals surface area contributed by atoms with Gasteiger partial charge in [-0.05, 0) is 68.0 Å². The molecule has 2 aliphatic heterocycles. The Morgan fingerprint density at radius 3 is 2.41 bits per heavy atom. The predicted molar refractivity (Wildman–Crippen MR) is 139 cm³/mol. The average molecular weight is 542 g/mol. The number of carbonyl (C=O) groups is 2. The fourth-order valence-corrected chi connectivity index (χ4v) is 5.92. The minimum atomic E-state index is -1.83. The average Bonchev–Trinajstić information content (AvgIpc) is 3.23. The molecule has 0 radical (unpaired) electrons. The lowest BCUT2D eigenvalue weighted by Gasteiger charge is -2.38. The second kappa shape index (κ2) is 11.6. The largest absolute Gasteiger partial charge is 0.493 e. The number of rotatable bonds is 8. The number of methoxy groups -OCH3 is 1. The first kappa shape index (κ1) is 27.5. The summed E-state index contributed by atoms with van der Waals surface area (Å²) in [6.45, 7) is 2.94. The first-order chi connectivity index (χ1) is 18.7. The third kappa shape index (κ3) is 5.80. The van der Waals surface area contributed by atoms with Crippen molar-refractivity contribution in [3.8, 4) is 11.5 Å². The van der Waals surface area contributed by atoms with Crippen LogP contribution in [-0.4, -0.2) is 88.0 Å². The van der Waals surface area contributed by atoms with E-state index < -0.39 is 36.7 Å². The highest BCUT2D eigenvalue weighted by atomic mass is 16.7. The van der Waals surface area contributed by atoms with Gasteiger partial charge < -0.3 is 34.6 Å². The highest BCUT2D eigenvalue weighted by molar-refractivity contribution is 6.02. The number of benzene rings is 2. The van der Waals surface area contributed by atoms with Crippen molar-refractivity contribution in [2.45, 2.75) is 62.9 Å². The normalized spacial score (nSPS) is 29.7. The maximum Gasteiger partial charge on any atom is 0.335 e. The van der Waals surface area contributed by atoms with Crippen LogP contribution in [0.25, 0.3) is 0 Å². The minimum Gasteiger partial charge on any atom is -0.493 e. The molecule has 0 aromatic heterocycles. The van der Waals surface area contributed by atoms with Gasteiger partial charge in [0.25, 0.3) is 0 Å². The first-order valence-electron chi connectivity index (χ1n) is 13.4. The monoisotopic (exact) mass is 541 g/mol. The van der Waals surface area contributed by atoms with Crippen LogP contribution in [0.4, 0.5) is 0 Å². The smallest absolute Gasteiger partial charge is 0.335 e. The van der Waals surface area contributed by atoms with E-state index in [0.29, 0.717) is 23.7 Å². The van der Waals surface area contributed by atoms with Crippen molar-refractivity contribution in [1.82, 2.24) is 4.90 Å². The van der Waals surface area contributed by atoms with E-state index in [9.17, 15) is 30.0 Å². The van der Waals surface area contributed by atoms with Crippen LogP contribution in [0, 0.1) is 11.8 Å². The molecule has 0 bridgehead atoms. The number of ether oxygens (including phenoxy) is 3. The van der Waals surface area contributed by atoms with Gasteiger partial charge in [0.1, 0.15) is 18.3 Å². The molecule has 2 aromatic rings. The molecule has 1 aliphatic carbocycles. The van der Waals surface area contributed by atoms with Gasteiger partial charge in [-0.15, -0.1) is 0 Å². The van der Waals surface area contributed by atoms with Crippen LogP contribution in [0.2, 0.25) is 0 Å². The molecule has 2 saturated heterocycles. The maximum absolute atomic E-state index is 13.4. The van der Waals surface area contributed by atoms with Crippen LogP contribution in [0.1, 0.15) is 40.7 Å². The Balaban J connectivity index is 1.23. The molecular formula is C29H35NO9. The molecular weight excluding hydrogens is 506 g/mol. The van der Waals surface area contributed by atoms with E-state index in [-0.39, 0.29) is 17.5 Å². The van der Waals surface area contributed by atoms with E-state index in [4.69, 9.17) is 14.2 Å². The number of ketones is 1. The Bertz CT molecular complexity index is 1180. The Morgan fingerprint density at radius 2 is 1.74 bits per heavy atom. The Labute approximate surface area is 226 Å². The zero-order chi connectivity index (χ0) is 27.7. The van der Waals surface area contributed by atoms with Crippen molar-refractivity contribution >= 4 is 11.8 Å². The van der Waals surface area contributed by atoms with E-state index in [2.05, 4.69) is 29.2 Å². The number of hydrogen-bond donors (Lipinski definition) is 4. The number of aliphatic carboxylic acids is 1. The van der Waals surface area contributed by atoms with Gasteiger partial charge >= 0.3 is 5.97 Å². The molecule has 2 aromatic carbocycles. The van der Waals surface area contributed by atoms with Crippen LogP contribution in [-0.2, 0) is 22.5 Å². The molecule has 0 amide bonds. The van der Waals surface area contributed by atoms with Crippen molar-refractivity contribution in [3.05, 3.63) is 59.2 Å². The lowest BCUT2D eigenvalue weighted by Crippen LogP contribution is -2.61. The van der Waals surface area contributed by atoms with Gasteiger partial charge in [0.15, 0.2) is 23.4 Å². The molecule has 10 heteroatoms. The highest BCUT2D eigenvalue weighted by Gasteiger charge is 2.48. The van der Waals surface area contributed by atoms with Gasteiger partial charge in [-0.3, -0.25) is 9.69 Å². The van der Waals surface area contributed by atoms with Crippen molar-refractivity contribution in [1.29, 1.82) is 0 Å². The van der Waals surface area contributed by atoms with E-state index in [1.54, 1.807) is 6.07 Å². The molecule has 0 spiro atoms. The third-order valence-electron chi connectivity index (χ3n) is 8.12. The number of piperidine rings is 1. The fraction of sp³-hybridized carbons (Fsp3) is 0.517. The molecule has 3 unspecified atom stereocenters. The third-order valence-corrected chi connectivity index (χ3v) is 8.12. The summed E-state index contributed by atoms with van der Waals surface area (Å²) in [5.74, 6) is -0.795. The minimum absolute atomic E-state index is 0.0215. The van der Waals surface area contributed by atoms with E-state index in [1.807, 2.05) is 6.07 Å². The molecule has 10 nitrogen and oxygen atoms in total. The lowest BCUT2D eigenvalue weighted by molar-refractivity contribution is -0.271. The number of carbonyl (C=O) groups excluding carboxylic acids is 1. The van der Waals surface area contributed by atoms with E-state index in [0.717, 1.165) is 44.5 Å². The zero-order valence-electron chi connectivity index (χ0n) is 21.8. The van der Waals surface area contributed by atoms with Crippen LogP contribution >= 0.6 is 0 Å². The van der Waals surface area contributed by atoms with Crippen LogP contribution < -0.4 is 9.47 Å². The summed E-state index contributed by atoms with van der Waals surface area (Å²) in [5.41, 5.74) is 2.65. The number of Topliss-reactive ketones (excluding diaryl/α,β-unsaturated/α-hetero) is 1. The topological polar surface area (TPSA) is 146 Å². The number of aliphatic hydroxyl groups excluding tert-OH is 3. The number of likely N-dealkylation sites (tertiary alicyclic amines) is 1. The Hall–Kier alpha value is -3.02. The molecule has 4 N–H and O–H groups in total. The number of hydrogen-bond acceptors (Lipinski definition) is 9. The maximum atomic E-state index is 13.4. The summed E-state index contributed by atoms with van der Waals surface area (Å²) in [5, 5.41) is 39.7. The summed E-state index contributed by atoms with van der Waals surface area (Å²) < 4.78 is 16.4. The second-order valence-electron chi connectivity index (χ2n) is 10.7. The fourth-order valence-electron chi connectivity index (χ4n) is 5.92. The quantitative estimate of drug-likeness (QED) is 0.389. The summed E-state index contributed by atoms with van der Waals surface area (Å²) in [6.07, 6.45) is -5.24. The van der Waals surface area contributed by atoms with Crippen molar-refractivity contribution in [2.24, 2.45) is 11.8 Å². The SMILES string of the molecule is COc1cc2c(cc1O[C@@H]1OC(C(=O)O)[C@@H](O)C(O)[C@H]1O)C(=O)C(CC1CCN(Cc3ccccc3)CC1)C2.